The molecule has 1 fully saturated rings. The van der Waals surface area contributed by atoms with E-state index >= 15 is 0 Å². The van der Waals surface area contributed by atoms with Crippen LogP contribution in [0.1, 0.15) is 30.9 Å². The first kappa shape index (κ1) is 11.1. The minimum absolute atomic E-state index is 0.173. The third-order valence-corrected chi connectivity index (χ3v) is 4.44. The summed E-state index contributed by atoms with van der Waals surface area (Å²) >= 11 is 0. The molecule has 2 N–H and O–H groups in total. The molecule has 3 aromatic rings. The van der Waals surface area contributed by atoms with Crippen molar-refractivity contribution in [2.24, 2.45) is 11.7 Å². The third kappa shape index (κ3) is 1.67. The van der Waals surface area contributed by atoms with Crippen molar-refractivity contribution in [3.8, 4) is 0 Å². The Labute approximate surface area is 112 Å². The van der Waals surface area contributed by atoms with Gasteiger partial charge in [0, 0.05) is 16.8 Å². The molecule has 0 spiro atoms. The van der Waals surface area contributed by atoms with Crippen molar-refractivity contribution in [2.75, 3.05) is 0 Å². The van der Waals surface area contributed by atoms with E-state index in [1.54, 1.807) is 0 Å². The van der Waals surface area contributed by atoms with Crippen LogP contribution in [0.5, 0.6) is 0 Å². The van der Waals surface area contributed by atoms with Crippen molar-refractivity contribution >= 4 is 21.9 Å². The number of hydrogen-bond acceptors (Lipinski definition) is 2. The second kappa shape index (κ2) is 4.10. The first-order valence-electron chi connectivity index (χ1n) is 7.00. The SMILES string of the molecule is NC(c1ccc2oc3ccccc3c2c1)C1CCC1. The Kier molecular flexibility index (Phi) is 2.39. The van der Waals surface area contributed by atoms with E-state index in [4.69, 9.17) is 10.2 Å². The standard InChI is InChI=1S/C17H17NO/c18-17(11-4-3-5-11)12-8-9-16-14(10-12)13-6-1-2-7-15(13)19-16/h1-2,6-11,17H,3-5,18H2. The van der Waals surface area contributed by atoms with Crippen LogP contribution in [-0.2, 0) is 0 Å². The number of furan rings is 1. The molecule has 1 aliphatic rings. The Hall–Kier alpha value is -1.80. The Balaban J connectivity index is 1.87. The van der Waals surface area contributed by atoms with Gasteiger partial charge in [-0.1, -0.05) is 30.7 Å². The smallest absolute Gasteiger partial charge is 0.135 e. The molecular formula is C17H17NO. The predicted molar refractivity (Wildman–Crippen MR) is 78.0 cm³/mol. The zero-order chi connectivity index (χ0) is 12.8. The second-order valence-electron chi connectivity index (χ2n) is 5.57. The quantitative estimate of drug-likeness (QED) is 0.733. The Morgan fingerprint density at radius 2 is 1.79 bits per heavy atom. The van der Waals surface area contributed by atoms with Crippen LogP contribution in [0, 0.1) is 5.92 Å². The molecule has 0 saturated heterocycles. The topological polar surface area (TPSA) is 39.2 Å². The van der Waals surface area contributed by atoms with Crippen LogP contribution in [0.3, 0.4) is 0 Å². The van der Waals surface area contributed by atoms with Gasteiger partial charge in [0.15, 0.2) is 0 Å². The molecule has 1 unspecified atom stereocenters. The number of fused-ring (bicyclic) bond motifs is 3. The molecule has 1 saturated carbocycles. The minimum atomic E-state index is 0.173. The number of para-hydroxylation sites is 1. The highest BCUT2D eigenvalue weighted by atomic mass is 16.3. The van der Waals surface area contributed by atoms with E-state index in [1.165, 1.54) is 35.6 Å². The number of benzene rings is 2. The zero-order valence-corrected chi connectivity index (χ0v) is 10.8. The normalized spacial score (nSPS) is 17.7. The summed E-state index contributed by atoms with van der Waals surface area (Å²) < 4.78 is 5.85. The molecule has 0 radical (unpaired) electrons. The first-order valence-corrected chi connectivity index (χ1v) is 7.00. The second-order valence-corrected chi connectivity index (χ2v) is 5.57. The van der Waals surface area contributed by atoms with Crippen molar-refractivity contribution in [2.45, 2.75) is 25.3 Å². The number of rotatable bonds is 2. The molecule has 96 valence electrons. The number of nitrogens with two attached hydrogens (primary N) is 1. The fourth-order valence-corrected chi connectivity index (χ4v) is 3.02. The maximum Gasteiger partial charge on any atom is 0.135 e. The van der Waals surface area contributed by atoms with Gasteiger partial charge in [-0.25, -0.2) is 0 Å². The molecule has 2 nitrogen and oxygen atoms in total. The van der Waals surface area contributed by atoms with E-state index in [2.05, 4.69) is 30.3 Å². The highest BCUT2D eigenvalue weighted by Crippen LogP contribution is 2.38. The molecule has 0 amide bonds. The summed E-state index contributed by atoms with van der Waals surface area (Å²) in [4.78, 5) is 0. The van der Waals surface area contributed by atoms with Crippen LogP contribution < -0.4 is 5.73 Å². The van der Waals surface area contributed by atoms with E-state index in [0.29, 0.717) is 5.92 Å². The molecule has 1 aliphatic carbocycles. The maximum absolute atomic E-state index is 6.37. The molecule has 0 bridgehead atoms. The van der Waals surface area contributed by atoms with Gasteiger partial charge in [-0.3, -0.25) is 0 Å². The third-order valence-electron chi connectivity index (χ3n) is 4.44. The van der Waals surface area contributed by atoms with E-state index in [0.717, 1.165) is 11.2 Å². The Bertz CT molecular complexity index is 739. The molecule has 1 atom stereocenters. The van der Waals surface area contributed by atoms with Crippen molar-refractivity contribution in [1.29, 1.82) is 0 Å². The fourth-order valence-electron chi connectivity index (χ4n) is 3.02. The van der Waals surface area contributed by atoms with Gasteiger partial charge in [0.25, 0.3) is 0 Å². The van der Waals surface area contributed by atoms with Gasteiger partial charge in [-0.15, -0.1) is 0 Å². The van der Waals surface area contributed by atoms with Crippen molar-refractivity contribution < 1.29 is 4.42 Å². The summed E-state index contributed by atoms with van der Waals surface area (Å²) in [6, 6.07) is 14.7. The summed E-state index contributed by atoms with van der Waals surface area (Å²) in [5.41, 5.74) is 9.51. The molecule has 4 rings (SSSR count). The molecule has 2 heteroatoms. The van der Waals surface area contributed by atoms with Crippen LogP contribution in [0.4, 0.5) is 0 Å². The maximum atomic E-state index is 6.37. The highest BCUT2D eigenvalue weighted by Gasteiger charge is 2.25. The van der Waals surface area contributed by atoms with Crippen molar-refractivity contribution in [1.82, 2.24) is 0 Å². The van der Waals surface area contributed by atoms with Crippen LogP contribution in [0.2, 0.25) is 0 Å². The minimum Gasteiger partial charge on any atom is -0.456 e. The van der Waals surface area contributed by atoms with Gasteiger partial charge in [-0.2, -0.15) is 0 Å². The van der Waals surface area contributed by atoms with Crippen LogP contribution >= 0.6 is 0 Å². The van der Waals surface area contributed by atoms with Gasteiger partial charge in [0.2, 0.25) is 0 Å². The van der Waals surface area contributed by atoms with Crippen LogP contribution in [0.25, 0.3) is 21.9 Å². The first-order chi connectivity index (χ1) is 9.33. The van der Waals surface area contributed by atoms with Crippen LogP contribution in [-0.4, -0.2) is 0 Å². The van der Waals surface area contributed by atoms with Crippen molar-refractivity contribution in [3.63, 3.8) is 0 Å². The summed E-state index contributed by atoms with van der Waals surface area (Å²) in [6.07, 6.45) is 3.87. The summed E-state index contributed by atoms with van der Waals surface area (Å²) in [5.74, 6) is 0.663. The molecule has 0 aliphatic heterocycles. The monoisotopic (exact) mass is 251 g/mol. The summed E-state index contributed by atoms with van der Waals surface area (Å²) in [7, 11) is 0. The Morgan fingerprint density at radius 3 is 2.58 bits per heavy atom. The van der Waals surface area contributed by atoms with Gasteiger partial charge < -0.3 is 10.2 Å². The summed E-state index contributed by atoms with van der Waals surface area (Å²) in [6.45, 7) is 0. The average Bonchev–Trinajstić information content (AvgIpc) is 2.74. The lowest BCUT2D eigenvalue weighted by Gasteiger charge is -2.31. The average molecular weight is 251 g/mol. The molecule has 1 aromatic heterocycles. The summed E-state index contributed by atoms with van der Waals surface area (Å²) in [5, 5.41) is 2.36. The van der Waals surface area contributed by atoms with E-state index in [-0.39, 0.29) is 6.04 Å². The lowest BCUT2D eigenvalue weighted by Crippen LogP contribution is -2.26. The zero-order valence-electron chi connectivity index (χ0n) is 10.8. The molecular weight excluding hydrogens is 234 g/mol. The highest BCUT2D eigenvalue weighted by molar-refractivity contribution is 6.05. The van der Waals surface area contributed by atoms with E-state index < -0.39 is 0 Å². The van der Waals surface area contributed by atoms with E-state index in [1.807, 2.05) is 12.1 Å². The lowest BCUT2D eigenvalue weighted by atomic mass is 9.77. The van der Waals surface area contributed by atoms with Gasteiger partial charge in [-0.05, 0) is 42.5 Å². The van der Waals surface area contributed by atoms with Gasteiger partial charge in [0.1, 0.15) is 11.2 Å². The number of hydrogen-bond donors (Lipinski definition) is 1. The molecule has 1 heterocycles. The van der Waals surface area contributed by atoms with Crippen LogP contribution in [0.15, 0.2) is 46.9 Å². The lowest BCUT2D eigenvalue weighted by molar-refractivity contribution is 0.264. The van der Waals surface area contributed by atoms with E-state index in [9.17, 15) is 0 Å². The Morgan fingerprint density at radius 1 is 1.00 bits per heavy atom. The fraction of sp³-hybridized carbons (Fsp3) is 0.294. The van der Waals surface area contributed by atoms with Gasteiger partial charge in [0.05, 0.1) is 0 Å². The van der Waals surface area contributed by atoms with Crippen molar-refractivity contribution in [3.05, 3.63) is 48.0 Å². The predicted octanol–water partition coefficient (Wildman–Crippen LogP) is 4.39. The molecule has 19 heavy (non-hydrogen) atoms. The van der Waals surface area contributed by atoms with Gasteiger partial charge >= 0.3 is 0 Å². The molecule has 2 aromatic carbocycles. The largest absolute Gasteiger partial charge is 0.456 e.